The summed E-state index contributed by atoms with van der Waals surface area (Å²) in [6, 6.07) is 6.19. The minimum atomic E-state index is -0.952. The Kier molecular flexibility index (Phi) is 4.74. The van der Waals surface area contributed by atoms with E-state index in [2.05, 4.69) is 26.0 Å². The number of carboxylic acid groups (broad SMARTS) is 1. The van der Waals surface area contributed by atoms with Crippen LogP contribution in [0, 0.1) is 19.8 Å². The maximum Gasteiger partial charge on any atom is 0.417 e. The van der Waals surface area contributed by atoms with Gasteiger partial charge in [0.25, 0.3) is 0 Å². The van der Waals surface area contributed by atoms with Crippen molar-refractivity contribution in [3.63, 3.8) is 0 Å². The van der Waals surface area contributed by atoms with Crippen molar-refractivity contribution in [3.8, 4) is 0 Å². The Labute approximate surface area is 143 Å². The fourth-order valence-corrected chi connectivity index (χ4v) is 3.89. The molecule has 1 heterocycles. The molecule has 24 heavy (non-hydrogen) atoms. The SMILES string of the molecule is Cc1cccc([C@H](C)c2nc(CC3CCCC3)cn2C(=O)O)c1C. The summed E-state index contributed by atoms with van der Waals surface area (Å²) in [6.45, 7) is 6.22. The molecule has 2 aromatic rings. The summed E-state index contributed by atoms with van der Waals surface area (Å²) in [6.07, 6.45) is 6.72. The lowest BCUT2D eigenvalue weighted by molar-refractivity contribution is 0.195. The van der Waals surface area contributed by atoms with Crippen molar-refractivity contribution in [1.29, 1.82) is 0 Å². The van der Waals surface area contributed by atoms with E-state index in [1.54, 1.807) is 6.20 Å². The van der Waals surface area contributed by atoms with E-state index in [-0.39, 0.29) is 5.92 Å². The Balaban J connectivity index is 1.94. The van der Waals surface area contributed by atoms with Crippen LogP contribution in [0.15, 0.2) is 24.4 Å². The maximum atomic E-state index is 11.7. The van der Waals surface area contributed by atoms with Gasteiger partial charge < -0.3 is 5.11 Å². The van der Waals surface area contributed by atoms with Crippen LogP contribution in [0.3, 0.4) is 0 Å². The lowest BCUT2D eigenvalue weighted by Gasteiger charge is -2.16. The number of benzene rings is 1. The van der Waals surface area contributed by atoms with Gasteiger partial charge in [-0.05, 0) is 42.9 Å². The zero-order valence-electron chi connectivity index (χ0n) is 14.7. The van der Waals surface area contributed by atoms with Crippen molar-refractivity contribution in [1.82, 2.24) is 9.55 Å². The average Bonchev–Trinajstić information content (AvgIpc) is 3.19. The topological polar surface area (TPSA) is 55.1 Å². The van der Waals surface area contributed by atoms with E-state index < -0.39 is 6.09 Å². The molecular weight excluding hydrogens is 300 g/mol. The van der Waals surface area contributed by atoms with Crippen LogP contribution in [0.5, 0.6) is 0 Å². The molecule has 0 bridgehead atoms. The molecule has 0 spiro atoms. The summed E-state index contributed by atoms with van der Waals surface area (Å²) in [4.78, 5) is 16.4. The average molecular weight is 326 g/mol. The molecule has 128 valence electrons. The highest BCUT2D eigenvalue weighted by Crippen LogP contribution is 2.31. The molecule has 0 unspecified atom stereocenters. The second kappa shape index (κ2) is 6.80. The van der Waals surface area contributed by atoms with Crippen molar-refractivity contribution in [2.24, 2.45) is 5.92 Å². The normalized spacial score (nSPS) is 16.5. The first-order valence-corrected chi connectivity index (χ1v) is 8.85. The highest BCUT2D eigenvalue weighted by atomic mass is 16.4. The zero-order valence-corrected chi connectivity index (χ0v) is 14.7. The lowest BCUT2D eigenvalue weighted by atomic mass is 9.93. The maximum absolute atomic E-state index is 11.7. The van der Waals surface area contributed by atoms with Gasteiger partial charge in [-0.1, -0.05) is 50.8 Å². The Hall–Kier alpha value is -2.10. The van der Waals surface area contributed by atoms with E-state index in [1.165, 1.54) is 41.4 Å². The number of carbonyl (C=O) groups is 1. The smallest absolute Gasteiger partial charge is 0.417 e. The number of rotatable bonds is 4. The van der Waals surface area contributed by atoms with Crippen molar-refractivity contribution in [2.75, 3.05) is 0 Å². The first-order chi connectivity index (χ1) is 11.5. The molecular formula is C20H26N2O2. The van der Waals surface area contributed by atoms with Crippen molar-refractivity contribution in [2.45, 2.75) is 58.8 Å². The van der Waals surface area contributed by atoms with E-state index in [9.17, 15) is 9.90 Å². The highest BCUT2D eigenvalue weighted by Gasteiger charge is 2.23. The molecule has 0 amide bonds. The summed E-state index contributed by atoms with van der Waals surface area (Å²) in [7, 11) is 0. The minimum absolute atomic E-state index is 0.0432. The minimum Gasteiger partial charge on any atom is -0.464 e. The molecule has 1 aliphatic carbocycles. The third kappa shape index (κ3) is 3.23. The van der Waals surface area contributed by atoms with Gasteiger partial charge in [0.2, 0.25) is 0 Å². The summed E-state index contributed by atoms with van der Waals surface area (Å²) in [5, 5.41) is 9.58. The number of aryl methyl sites for hydroxylation is 1. The summed E-state index contributed by atoms with van der Waals surface area (Å²) < 4.78 is 1.32. The molecule has 3 rings (SSSR count). The van der Waals surface area contributed by atoms with Crippen molar-refractivity contribution < 1.29 is 9.90 Å². The first kappa shape index (κ1) is 16.7. The van der Waals surface area contributed by atoms with Crippen LogP contribution in [0.4, 0.5) is 4.79 Å². The van der Waals surface area contributed by atoms with E-state index in [0.29, 0.717) is 11.7 Å². The van der Waals surface area contributed by atoms with Gasteiger partial charge in [0, 0.05) is 12.1 Å². The Morgan fingerprint density at radius 3 is 2.71 bits per heavy atom. The zero-order chi connectivity index (χ0) is 17.3. The number of imidazole rings is 1. The Bertz CT molecular complexity index is 742. The molecule has 1 N–H and O–H groups in total. The summed E-state index contributed by atoms with van der Waals surface area (Å²) in [5.41, 5.74) is 4.49. The molecule has 0 aliphatic heterocycles. The van der Waals surface area contributed by atoms with Gasteiger partial charge in [-0.2, -0.15) is 0 Å². The second-order valence-corrected chi connectivity index (χ2v) is 7.11. The van der Waals surface area contributed by atoms with Crippen LogP contribution in [0.25, 0.3) is 0 Å². The van der Waals surface area contributed by atoms with Gasteiger partial charge in [0.15, 0.2) is 0 Å². The van der Waals surface area contributed by atoms with Gasteiger partial charge in [0.1, 0.15) is 5.82 Å². The summed E-state index contributed by atoms with van der Waals surface area (Å²) in [5.74, 6) is 1.24. The quantitative estimate of drug-likeness (QED) is 0.868. The fraction of sp³-hybridized carbons (Fsp3) is 0.500. The van der Waals surface area contributed by atoms with Gasteiger partial charge in [-0.15, -0.1) is 0 Å². The third-order valence-electron chi connectivity index (χ3n) is 5.46. The molecule has 0 saturated heterocycles. The number of aromatic nitrogens is 2. The Morgan fingerprint density at radius 1 is 1.33 bits per heavy atom. The largest absolute Gasteiger partial charge is 0.464 e. The molecule has 1 fully saturated rings. The van der Waals surface area contributed by atoms with Crippen LogP contribution in [-0.4, -0.2) is 20.8 Å². The van der Waals surface area contributed by atoms with E-state index in [1.807, 2.05) is 13.0 Å². The van der Waals surface area contributed by atoms with E-state index >= 15 is 0 Å². The second-order valence-electron chi connectivity index (χ2n) is 7.11. The third-order valence-corrected chi connectivity index (χ3v) is 5.46. The number of hydrogen-bond donors (Lipinski definition) is 1. The molecule has 4 heteroatoms. The van der Waals surface area contributed by atoms with Crippen LogP contribution >= 0.6 is 0 Å². The molecule has 1 atom stereocenters. The van der Waals surface area contributed by atoms with Gasteiger partial charge in [-0.25, -0.2) is 14.3 Å². The number of hydrogen-bond acceptors (Lipinski definition) is 2. The molecule has 4 nitrogen and oxygen atoms in total. The molecule has 1 aromatic carbocycles. The molecule has 1 aromatic heterocycles. The fourth-order valence-electron chi connectivity index (χ4n) is 3.89. The lowest BCUT2D eigenvalue weighted by Crippen LogP contribution is -2.14. The van der Waals surface area contributed by atoms with Gasteiger partial charge in [-0.3, -0.25) is 0 Å². The van der Waals surface area contributed by atoms with Crippen LogP contribution in [0.2, 0.25) is 0 Å². The molecule has 1 saturated carbocycles. The van der Waals surface area contributed by atoms with Crippen LogP contribution in [-0.2, 0) is 6.42 Å². The Morgan fingerprint density at radius 2 is 2.04 bits per heavy atom. The molecule has 1 aliphatic rings. The highest BCUT2D eigenvalue weighted by molar-refractivity contribution is 5.69. The predicted octanol–water partition coefficient (Wildman–Crippen LogP) is 4.91. The van der Waals surface area contributed by atoms with Crippen molar-refractivity contribution >= 4 is 6.09 Å². The molecule has 0 radical (unpaired) electrons. The van der Waals surface area contributed by atoms with E-state index in [4.69, 9.17) is 4.98 Å². The first-order valence-electron chi connectivity index (χ1n) is 8.85. The monoisotopic (exact) mass is 326 g/mol. The van der Waals surface area contributed by atoms with Crippen LogP contribution < -0.4 is 0 Å². The predicted molar refractivity (Wildman–Crippen MR) is 94.7 cm³/mol. The van der Waals surface area contributed by atoms with Gasteiger partial charge in [0.05, 0.1) is 5.69 Å². The summed E-state index contributed by atoms with van der Waals surface area (Å²) >= 11 is 0. The van der Waals surface area contributed by atoms with E-state index in [0.717, 1.165) is 17.7 Å². The van der Waals surface area contributed by atoms with Crippen LogP contribution in [0.1, 0.15) is 66.7 Å². The number of nitrogens with zero attached hydrogens (tertiary/aromatic N) is 2. The van der Waals surface area contributed by atoms with Crippen molar-refractivity contribution in [3.05, 3.63) is 52.6 Å². The van der Waals surface area contributed by atoms with Gasteiger partial charge >= 0.3 is 6.09 Å². The standard InChI is InChI=1S/C20H26N2O2/c1-13-7-6-10-18(14(13)2)15(3)19-21-17(12-22(19)20(23)24)11-16-8-4-5-9-16/h6-7,10,12,15-16H,4-5,8-9,11H2,1-3H3,(H,23,24)/t15-/m0/s1.